The summed E-state index contributed by atoms with van der Waals surface area (Å²) in [4.78, 5) is 37.8. The number of carboxylic acid groups (broad SMARTS) is 1. The van der Waals surface area contributed by atoms with E-state index in [1.807, 2.05) is 12.1 Å². The average molecular weight is 718 g/mol. The summed E-state index contributed by atoms with van der Waals surface area (Å²) in [6.07, 6.45) is 1.69. The summed E-state index contributed by atoms with van der Waals surface area (Å²) in [6, 6.07) is 16.8. The van der Waals surface area contributed by atoms with E-state index in [9.17, 15) is 14.4 Å². The van der Waals surface area contributed by atoms with Crippen molar-refractivity contribution in [3.63, 3.8) is 0 Å². The standard InChI is InChI=1S/C24H14ClI2NO5S/c25-16-5-7-17(8-6-16)28-22(29)20(34-24(28)32)11-14-9-18(26)21(19(27)10-14)33-12-13-1-3-15(4-2-13)23(30)31/h1-11H,12H2,(H,30,31)/b20-11+. The van der Waals surface area contributed by atoms with E-state index in [2.05, 4.69) is 45.2 Å². The van der Waals surface area contributed by atoms with Crippen molar-refractivity contribution in [2.24, 2.45) is 0 Å². The Kier molecular flexibility index (Phi) is 7.85. The summed E-state index contributed by atoms with van der Waals surface area (Å²) in [6.45, 7) is 0.283. The lowest BCUT2D eigenvalue weighted by Gasteiger charge is -2.13. The number of carboxylic acids is 1. The molecule has 34 heavy (non-hydrogen) atoms. The first-order valence-corrected chi connectivity index (χ1v) is 13.1. The fourth-order valence-corrected chi connectivity index (χ4v) is 6.23. The number of nitrogens with zero attached hydrogens (tertiary/aromatic N) is 1. The van der Waals surface area contributed by atoms with Crippen molar-refractivity contribution >= 4 is 97.4 Å². The molecule has 1 aliphatic rings. The molecule has 2 amide bonds. The molecule has 0 saturated carbocycles. The molecule has 4 rings (SSSR count). The molecule has 0 aromatic heterocycles. The number of rotatable bonds is 6. The van der Waals surface area contributed by atoms with Crippen LogP contribution in [0.4, 0.5) is 10.5 Å². The van der Waals surface area contributed by atoms with E-state index in [1.165, 1.54) is 12.1 Å². The molecule has 3 aromatic rings. The quantitative estimate of drug-likeness (QED) is 0.217. The summed E-state index contributed by atoms with van der Waals surface area (Å²) >= 11 is 11.1. The number of halogens is 3. The van der Waals surface area contributed by atoms with Gasteiger partial charge in [0.1, 0.15) is 12.4 Å². The molecule has 0 atom stereocenters. The molecule has 1 N–H and O–H groups in total. The van der Waals surface area contributed by atoms with Crippen LogP contribution in [0.1, 0.15) is 21.5 Å². The largest absolute Gasteiger partial charge is 0.487 e. The molecule has 0 bridgehead atoms. The molecule has 0 radical (unpaired) electrons. The highest BCUT2D eigenvalue weighted by molar-refractivity contribution is 14.1. The zero-order chi connectivity index (χ0) is 24.4. The number of hydrogen-bond acceptors (Lipinski definition) is 5. The monoisotopic (exact) mass is 717 g/mol. The Balaban J connectivity index is 1.51. The third-order valence-corrected chi connectivity index (χ3v) is 7.51. The van der Waals surface area contributed by atoms with Crippen LogP contribution in [0, 0.1) is 7.14 Å². The van der Waals surface area contributed by atoms with Gasteiger partial charge in [-0.05, 0) is 123 Å². The highest BCUT2D eigenvalue weighted by Gasteiger charge is 2.36. The SMILES string of the molecule is O=C(O)c1ccc(COc2c(I)cc(/C=C3/SC(=O)N(c4ccc(Cl)cc4)C3=O)cc2I)cc1. The van der Waals surface area contributed by atoms with Crippen molar-refractivity contribution in [3.8, 4) is 5.75 Å². The second-order valence-electron chi connectivity index (χ2n) is 7.10. The van der Waals surface area contributed by atoms with Gasteiger partial charge in [0, 0.05) is 5.02 Å². The van der Waals surface area contributed by atoms with Gasteiger partial charge < -0.3 is 9.84 Å². The van der Waals surface area contributed by atoms with E-state index in [0.717, 1.165) is 34.9 Å². The molecule has 3 aromatic carbocycles. The Morgan fingerprint density at radius 3 is 2.24 bits per heavy atom. The van der Waals surface area contributed by atoms with E-state index in [4.69, 9.17) is 21.4 Å². The van der Waals surface area contributed by atoms with Crippen LogP contribution in [-0.4, -0.2) is 22.2 Å². The minimum Gasteiger partial charge on any atom is -0.487 e. The van der Waals surface area contributed by atoms with E-state index in [-0.39, 0.29) is 23.3 Å². The lowest BCUT2D eigenvalue weighted by molar-refractivity contribution is -0.113. The maximum atomic E-state index is 12.9. The van der Waals surface area contributed by atoms with Crippen molar-refractivity contribution in [2.75, 3.05) is 4.90 Å². The summed E-state index contributed by atoms with van der Waals surface area (Å²) in [5.74, 6) is -0.666. The zero-order valence-electron chi connectivity index (χ0n) is 17.1. The van der Waals surface area contributed by atoms with Crippen LogP contribution < -0.4 is 9.64 Å². The Labute approximate surface area is 231 Å². The zero-order valence-corrected chi connectivity index (χ0v) is 23.0. The van der Waals surface area contributed by atoms with Gasteiger partial charge in [-0.2, -0.15) is 0 Å². The average Bonchev–Trinajstić information content (AvgIpc) is 3.07. The van der Waals surface area contributed by atoms with Crippen LogP contribution in [-0.2, 0) is 11.4 Å². The number of anilines is 1. The minimum atomic E-state index is -0.974. The Morgan fingerprint density at radius 1 is 1.03 bits per heavy atom. The van der Waals surface area contributed by atoms with Gasteiger partial charge in [-0.3, -0.25) is 9.59 Å². The van der Waals surface area contributed by atoms with E-state index in [1.54, 1.807) is 42.5 Å². The minimum absolute atomic E-state index is 0.220. The van der Waals surface area contributed by atoms with Gasteiger partial charge in [-0.15, -0.1) is 0 Å². The second kappa shape index (κ2) is 10.7. The van der Waals surface area contributed by atoms with E-state index < -0.39 is 5.97 Å². The lowest BCUT2D eigenvalue weighted by atomic mass is 10.1. The van der Waals surface area contributed by atoms with Gasteiger partial charge in [-0.1, -0.05) is 23.7 Å². The van der Waals surface area contributed by atoms with Gasteiger partial charge in [0.05, 0.1) is 23.3 Å². The predicted octanol–water partition coefficient (Wildman–Crippen LogP) is 7.07. The first-order chi connectivity index (χ1) is 16.2. The van der Waals surface area contributed by atoms with Crippen LogP contribution in [0.25, 0.3) is 6.08 Å². The van der Waals surface area contributed by atoms with Crippen molar-refractivity contribution in [1.29, 1.82) is 0 Å². The molecule has 0 spiro atoms. The number of thioether (sulfide) groups is 1. The molecule has 1 heterocycles. The van der Waals surface area contributed by atoms with Gasteiger partial charge in [0.15, 0.2) is 0 Å². The van der Waals surface area contributed by atoms with Crippen LogP contribution in [0.15, 0.2) is 65.6 Å². The van der Waals surface area contributed by atoms with Gasteiger partial charge in [-0.25, -0.2) is 9.69 Å². The second-order valence-corrected chi connectivity index (χ2v) is 10.9. The summed E-state index contributed by atoms with van der Waals surface area (Å²) < 4.78 is 7.66. The van der Waals surface area contributed by atoms with Crippen molar-refractivity contribution in [1.82, 2.24) is 0 Å². The third kappa shape index (κ3) is 5.58. The van der Waals surface area contributed by atoms with Crippen LogP contribution in [0.2, 0.25) is 5.02 Å². The molecule has 10 heteroatoms. The number of hydrogen-bond donors (Lipinski definition) is 1. The Bertz CT molecular complexity index is 1300. The molecule has 172 valence electrons. The number of imide groups is 1. The fourth-order valence-electron chi connectivity index (χ4n) is 3.13. The molecule has 0 aliphatic carbocycles. The molecular formula is C24H14ClI2NO5S. The van der Waals surface area contributed by atoms with Gasteiger partial charge in [0.2, 0.25) is 0 Å². The molecule has 1 fully saturated rings. The predicted molar refractivity (Wildman–Crippen MR) is 150 cm³/mol. The third-order valence-electron chi connectivity index (χ3n) is 4.78. The number of benzene rings is 3. The maximum Gasteiger partial charge on any atom is 0.335 e. The van der Waals surface area contributed by atoms with Crippen molar-refractivity contribution in [3.05, 3.63) is 94.4 Å². The van der Waals surface area contributed by atoms with Gasteiger partial charge >= 0.3 is 5.97 Å². The van der Waals surface area contributed by atoms with Crippen molar-refractivity contribution < 1.29 is 24.2 Å². The first-order valence-electron chi connectivity index (χ1n) is 9.70. The first kappa shape index (κ1) is 25.0. The summed E-state index contributed by atoms with van der Waals surface area (Å²) in [5, 5.41) is 9.17. The number of amides is 2. The molecule has 0 unspecified atom stereocenters. The topological polar surface area (TPSA) is 83.9 Å². The van der Waals surface area contributed by atoms with Crippen LogP contribution in [0.3, 0.4) is 0 Å². The molecular weight excluding hydrogens is 704 g/mol. The van der Waals surface area contributed by atoms with Gasteiger partial charge in [0.25, 0.3) is 11.1 Å². The normalized spacial score (nSPS) is 14.7. The van der Waals surface area contributed by atoms with E-state index >= 15 is 0 Å². The Morgan fingerprint density at radius 2 is 1.65 bits per heavy atom. The highest BCUT2D eigenvalue weighted by Crippen LogP contribution is 2.37. The van der Waals surface area contributed by atoms with Crippen molar-refractivity contribution in [2.45, 2.75) is 6.61 Å². The number of ether oxygens (including phenoxy) is 1. The van der Waals surface area contributed by atoms with Crippen LogP contribution in [0.5, 0.6) is 5.75 Å². The fraction of sp³-hybridized carbons (Fsp3) is 0.0417. The summed E-state index contributed by atoms with van der Waals surface area (Å²) in [5.41, 5.74) is 2.31. The maximum absolute atomic E-state index is 12.9. The smallest absolute Gasteiger partial charge is 0.335 e. The van der Waals surface area contributed by atoms with E-state index in [0.29, 0.717) is 21.4 Å². The highest BCUT2D eigenvalue weighted by atomic mass is 127. The molecule has 1 aliphatic heterocycles. The number of carbonyl (C=O) groups excluding carboxylic acids is 2. The molecule has 6 nitrogen and oxygen atoms in total. The molecule has 1 saturated heterocycles. The van der Waals surface area contributed by atoms with Crippen LogP contribution >= 0.6 is 68.5 Å². The lowest BCUT2D eigenvalue weighted by Crippen LogP contribution is -2.27. The number of carbonyl (C=O) groups is 3. The summed E-state index contributed by atoms with van der Waals surface area (Å²) in [7, 11) is 0. The Hall–Kier alpha value is -2.09. The number of aromatic carboxylic acids is 1.